The molecule has 2 aromatic rings. The van der Waals surface area contributed by atoms with E-state index in [1.54, 1.807) is 13.8 Å². The summed E-state index contributed by atoms with van der Waals surface area (Å²) in [5, 5.41) is 2.62. The van der Waals surface area contributed by atoms with E-state index in [0.717, 1.165) is 22.4 Å². The molecule has 0 radical (unpaired) electrons. The second-order valence-corrected chi connectivity index (χ2v) is 7.09. The van der Waals surface area contributed by atoms with Gasteiger partial charge < -0.3 is 14.8 Å². The van der Waals surface area contributed by atoms with Crippen LogP contribution in [0, 0.1) is 0 Å². The van der Waals surface area contributed by atoms with Crippen LogP contribution in [0.1, 0.15) is 44.4 Å². The van der Waals surface area contributed by atoms with E-state index in [0.29, 0.717) is 18.0 Å². The number of urea groups is 1. The molecule has 0 bridgehead atoms. The highest BCUT2D eigenvalue weighted by atomic mass is 16.5. The van der Waals surface area contributed by atoms with Crippen LogP contribution in [0.4, 0.5) is 10.5 Å². The number of carbonyl (C=O) groups excluding carboxylic acids is 2. The highest BCUT2D eigenvalue weighted by molar-refractivity contribution is 6.22. The first kappa shape index (κ1) is 17.4. The van der Waals surface area contributed by atoms with Crippen LogP contribution in [0.5, 0.6) is 11.8 Å². The number of hydrogen-bond acceptors (Lipinski definition) is 6. The van der Waals surface area contributed by atoms with Crippen molar-refractivity contribution in [2.45, 2.75) is 45.4 Å². The molecule has 2 aliphatic rings. The van der Waals surface area contributed by atoms with Crippen LogP contribution in [0.25, 0.3) is 0 Å². The summed E-state index contributed by atoms with van der Waals surface area (Å²) < 4.78 is 11.5. The van der Waals surface area contributed by atoms with Crippen molar-refractivity contribution in [3.8, 4) is 11.8 Å². The Balaban J connectivity index is 1.52. The van der Waals surface area contributed by atoms with E-state index in [1.165, 1.54) is 12.4 Å². The zero-order chi connectivity index (χ0) is 19.2. The van der Waals surface area contributed by atoms with Crippen LogP contribution in [0.15, 0.2) is 30.6 Å². The fourth-order valence-corrected chi connectivity index (χ4v) is 3.25. The predicted molar refractivity (Wildman–Crippen MR) is 96.5 cm³/mol. The average Bonchev–Trinajstić information content (AvgIpc) is 3.13. The van der Waals surface area contributed by atoms with Gasteiger partial charge in [-0.1, -0.05) is 13.0 Å². The molecular formula is C19H20N4O4. The second kappa shape index (κ2) is 6.31. The number of amides is 3. The van der Waals surface area contributed by atoms with Crippen molar-refractivity contribution in [1.29, 1.82) is 0 Å². The minimum absolute atomic E-state index is 0.0786. The SMILES string of the molecule is CC[C@H]1OCc2ccc(Oc3ncc(N4C(=O)NC(C)(C)C4=O)cn3)cc21. The first-order valence-corrected chi connectivity index (χ1v) is 8.80. The maximum absolute atomic E-state index is 12.3. The van der Waals surface area contributed by atoms with Crippen molar-refractivity contribution in [3.05, 3.63) is 41.7 Å². The van der Waals surface area contributed by atoms with Crippen molar-refractivity contribution in [2.24, 2.45) is 0 Å². The van der Waals surface area contributed by atoms with Crippen LogP contribution in [-0.2, 0) is 16.1 Å². The monoisotopic (exact) mass is 368 g/mol. The Morgan fingerprint density at radius 1 is 1.30 bits per heavy atom. The molecule has 4 rings (SSSR count). The number of anilines is 1. The number of imide groups is 1. The lowest BCUT2D eigenvalue weighted by molar-refractivity contribution is -0.121. The Morgan fingerprint density at radius 3 is 2.67 bits per heavy atom. The summed E-state index contributed by atoms with van der Waals surface area (Å²) in [5.74, 6) is 0.260. The standard InChI is InChI=1S/C19H20N4O4/c1-4-15-14-7-13(6-5-11(14)10-26-15)27-17-20-8-12(9-21-17)23-16(24)19(2,3)22-18(23)25/h5-9,15H,4,10H2,1-3H3,(H,22,25)/t15-/m1/s1. The molecule has 0 saturated carbocycles. The highest BCUT2D eigenvalue weighted by Crippen LogP contribution is 2.36. The van der Waals surface area contributed by atoms with Crippen molar-refractivity contribution in [1.82, 2.24) is 15.3 Å². The van der Waals surface area contributed by atoms with E-state index >= 15 is 0 Å². The molecule has 1 fully saturated rings. The zero-order valence-electron chi connectivity index (χ0n) is 15.4. The smallest absolute Gasteiger partial charge is 0.329 e. The Bertz CT molecular complexity index is 910. The van der Waals surface area contributed by atoms with E-state index in [2.05, 4.69) is 22.2 Å². The Labute approximate surface area is 156 Å². The van der Waals surface area contributed by atoms with Gasteiger partial charge in [-0.2, -0.15) is 0 Å². The summed E-state index contributed by atoms with van der Waals surface area (Å²) in [4.78, 5) is 33.7. The molecule has 8 heteroatoms. The number of fused-ring (bicyclic) bond motifs is 1. The van der Waals surface area contributed by atoms with Gasteiger partial charge in [0.2, 0.25) is 0 Å². The molecule has 0 unspecified atom stereocenters. The summed E-state index contributed by atoms with van der Waals surface area (Å²) in [6.45, 7) is 5.98. The molecule has 1 aromatic carbocycles. The summed E-state index contributed by atoms with van der Waals surface area (Å²) in [6.07, 6.45) is 3.76. The largest absolute Gasteiger partial charge is 0.424 e. The third-order valence-corrected chi connectivity index (χ3v) is 4.72. The lowest BCUT2D eigenvalue weighted by Crippen LogP contribution is -2.40. The summed E-state index contributed by atoms with van der Waals surface area (Å²) >= 11 is 0. The molecule has 8 nitrogen and oxygen atoms in total. The van der Waals surface area contributed by atoms with Gasteiger partial charge in [0, 0.05) is 0 Å². The number of rotatable bonds is 4. The maximum Gasteiger partial charge on any atom is 0.329 e. The zero-order valence-corrected chi connectivity index (χ0v) is 15.4. The quantitative estimate of drug-likeness (QED) is 0.834. The number of aromatic nitrogens is 2. The van der Waals surface area contributed by atoms with Crippen LogP contribution >= 0.6 is 0 Å². The van der Waals surface area contributed by atoms with Gasteiger partial charge in [0.15, 0.2) is 0 Å². The molecule has 3 amide bonds. The molecule has 1 saturated heterocycles. The topological polar surface area (TPSA) is 93.7 Å². The van der Waals surface area contributed by atoms with Crippen molar-refractivity contribution < 1.29 is 19.1 Å². The summed E-state index contributed by atoms with van der Waals surface area (Å²) in [5.41, 5.74) is 1.62. The molecule has 1 atom stereocenters. The Morgan fingerprint density at radius 2 is 2.04 bits per heavy atom. The van der Waals surface area contributed by atoms with Gasteiger partial charge in [0.05, 0.1) is 30.8 Å². The van der Waals surface area contributed by atoms with E-state index in [1.807, 2.05) is 18.2 Å². The number of nitrogens with zero attached hydrogens (tertiary/aromatic N) is 3. The third kappa shape index (κ3) is 3.02. The van der Waals surface area contributed by atoms with Crippen LogP contribution in [0.2, 0.25) is 0 Å². The minimum atomic E-state index is -0.950. The molecule has 0 spiro atoms. The van der Waals surface area contributed by atoms with Gasteiger partial charge in [-0.25, -0.2) is 19.7 Å². The predicted octanol–water partition coefficient (Wildman–Crippen LogP) is 3.09. The molecule has 0 aliphatic carbocycles. The first-order chi connectivity index (χ1) is 12.9. The molecule has 27 heavy (non-hydrogen) atoms. The number of benzene rings is 1. The number of nitrogens with one attached hydrogen (secondary N) is 1. The summed E-state index contributed by atoms with van der Waals surface area (Å²) in [7, 11) is 0. The molecule has 140 valence electrons. The number of ether oxygens (including phenoxy) is 2. The first-order valence-electron chi connectivity index (χ1n) is 8.80. The maximum atomic E-state index is 12.3. The lowest BCUT2D eigenvalue weighted by atomic mass is 10.0. The minimum Gasteiger partial charge on any atom is -0.424 e. The van der Waals surface area contributed by atoms with Crippen molar-refractivity contribution in [2.75, 3.05) is 4.90 Å². The van der Waals surface area contributed by atoms with E-state index in [-0.39, 0.29) is 18.0 Å². The van der Waals surface area contributed by atoms with Crippen LogP contribution < -0.4 is 15.0 Å². The van der Waals surface area contributed by atoms with Gasteiger partial charge in [-0.3, -0.25) is 4.79 Å². The van der Waals surface area contributed by atoms with E-state index < -0.39 is 11.6 Å². The van der Waals surface area contributed by atoms with Gasteiger partial charge in [0.1, 0.15) is 11.3 Å². The Kier molecular flexibility index (Phi) is 4.07. The lowest BCUT2D eigenvalue weighted by Gasteiger charge is -2.15. The number of hydrogen-bond donors (Lipinski definition) is 1. The van der Waals surface area contributed by atoms with Gasteiger partial charge >= 0.3 is 12.0 Å². The molecule has 2 aliphatic heterocycles. The number of carbonyl (C=O) groups is 2. The molecular weight excluding hydrogens is 348 g/mol. The van der Waals surface area contributed by atoms with E-state index in [9.17, 15) is 9.59 Å². The fourth-order valence-electron chi connectivity index (χ4n) is 3.25. The fraction of sp³-hybridized carbons (Fsp3) is 0.368. The Hall–Kier alpha value is -3.00. The van der Waals surface area contributed by atoms with Gasteiger partial charge in [0.25, 0.3) is 5.91 Å². The molecule has 1 N–H and O–H groups in total. The van der Waals surface area contributed by atoms with Crippen molar-refractivity contribution in [3.63, 3.8) is 0 Å². The molecule has 3 heterocycles. The van der Waals surface area contributed by atoms with Crippen LogP contribution in [0.3, 0.4) is 0 Å². The third-order valence-electron chi connectivity index (χ3n) is 4.72. The normalized spacial score (nSPS) is 20.6. The van der Waals surface area contributed by atoms with Crippen molar-refractivity contribution >= 4 is 17.6 Å². The second-order valence-electron chi connectivity index (χ2n) is 7.09. The molecule has 1 aromatic heterocycles. The van der Waals surface area contributed by atoms with Gasteiger partial charge in [-0.05, 0) is 43.5 Å². The average molecular weight is 368 g/mol. The van der Waals surface area contributed by atoms with E-state index in [4.69, 9.17) is 9.47 Å². The van der Waals surface area contributed by atoms with Gasteiger partial charge in [-0.15, -0.1) is 0 Å². The van der Waals surface area contributed by atoms with Crippen LogP contribution in [-0.4, -0.2) is 27.4 Å². The summed E-state index contributed by atoms with van der Waals surface area (Å²) in [6, 6.07) is 5.40. The highest BCUT2D eigenvalue weighted by Gasteiger charge is 2.45.